The first-order valence-corrected chi connectivity index (χ1v) is 13.6. The SMILES string of the molecule is O=C(O)C(CN1CN(Cc2ccc(F)cc2)CSC1=S)N1CN(Cc2ccc(F)cc2)CSC1=S. The molecule has 0 radical (unpaired) electrons. The van der Waals surface area contributed by atoms with Gasteiger partial charge in [0, 0.05) is 13.1 Å². The number of carboxylic acids is 1. The fraction of sp³-hybridized carbons (Fsp3) is 0.348. The van der Waals surface area contributed by atoms with Crippen molar-refractivity contribution in [2.24, 2.45) is 0 Å². The molecule has 6 nitrogen and oxygen atoms in total. The van der Waals surface area contributed by atoms with Gasteiger partial charge in [0.2, 0.25) is 0 Å². The van der Waals surface area contributed by atoms with E-state index in [0.29, 0.717) is 46.8 Å². The largest absolute Gasteiger partial charge is 0.480 e. The van der Waals surface area contributed by atoms with Gasteiger partial charge in [-0.3, -0.25) is 9.80 Å². The Balaban J connectivity index is 1.42. The van der Waals surface area contributed by atoms with Crippen LogP contribution < -0.4 is 0 Å². The Kier molecular flexibility index (Phi) is 8.95. The first-order chi connectivity index (χ1) is 16.8. The van der Waals surface area contributed by atoms with Crippen molar-refractivity contribution in [2.75, 3.05) is 31.6 Å². The lowest BCUT2D eigenvalue weighted by Gasteiger charge is -2.43. The van der Waals surface area contributed by atoms with Crippen molar-refractivity contribution in [2.45, 2.75) is 19.1 Å². The number of aliphatic carboxylic acids is 1. The molecule has 2 fully saturated rings. The minimum absolute atomic E-state index is 0.187. The van der Waals surface area contributed by atoms with Crippen molar-refractivity contribution in [3.63, 3.8) is 0 Å². The summed E-state index contributed by atoms with van der Waals surface area (Å²) in [5, 5.41) is 10.1. The van der Waals surface area contributed by atoms with E-state index in [0.717, 1.165) is 11.1 Å². The quantitative estimate of drug-likeness (QED) is 0.480. The molecule has 4 rings (SSSR count). The summed E-state index contributed by atoms with van der Waals surface area (Å²) in [7, 11) is 0. The summed E-state index contributed by atoms with van der Waals surface area (Å²) in [6.07, 6.45) is 0. The molecule has 0 spiro atoms. The van der Waals surface area contributed by atoms with Crippen LogP contribution in [-0.4, -0.2) is 77.0 Å². The number of carbonyl (C=O) groups is 1. The Morgan fingerprint density at radius 3 is 1.86 bits per heavy atom. The third-order valence-corrected chi connectivity index (χ3v) is 8.83. The summed E-state index contributed by atoms with van der Waals surface area (Å²) in [5.74, 6) is -0.242. The highest BCUT2D eigenvalue weighted by molar-refractivity contribution is 8.23. The van der Waals surface area contributed by atoms with Gasteiger partial charge in [-0.25, -0.2) is 13.6 Å². The fourth-order valence-electron chi connectivity index (χ4n) is 3.89. The Morgan fingerprint density at radius 2 is 1.34 bits per heavy atom. The van der Waals surface area contributed by atoms with Gasteiger partial charge < -0.3 is 14.9 Å². The van der Waals surface area contributed by atoms with E-state index in [2.05, 4.69) is 9.80 Å². The van der Waals surface area contributed by atoms with E-state index in [1.807, 2.05) is 4.90 Å². The summed E-state index contributed by atoms with van der Waals surface area (Å²) < 4.78 is 27.7. The van der Waals surface area contributed by atoms with Crippen molar-refractivity contribution in [3.8, 4) is 0 Å². The standard InChI is InChI=1S/C23H24F2N4O2S4/c24-18-5-1-16(2-6-18)9-26-12-28(22(32)34-14-26)11-20(21(30)31)29-13-27(15-35-23(29)33)10-17-3-7-19(25)8-4-17/h1-8,20H,9-15H2,(H,30,31). The second-order valence-electron chi connectivity index (χ2n) is 8.32. The fourth-order valence-corrected chi connectivity index (χ4v) is 6.12. The molecule has 12 heteroatoms. The lowest BCUT2D eigenvalue weighted by Crippen LogP contribution is -2.57. The Morgan fingerprint density at radius 1 is 0.857 bits per heavy atom. The van der Waals surface area contributed by atoms with Crippen LogP contribution in [0.5, 0.6) is 0 Å². The van der Waals surface area contributed by atoms with Crippen molar-refractivity contribution in [3.05, 3.63) is 71.3 Å². The van der Waals surface area contributed by atoms with Gasteiger partial charge in [0.1, 0.15) is 26.3 Å². The maximum absolute atomic E-state index is 13.2. The van der Waals surface area contributed by atoms with E-state index in [4.69, 9.17) is 24.4 Å². The summed E-state index contributed by atoms with van der Waals surface area (Å²) in [4.78, 5) is 20.2. The molecule has 0 aliphatic carbocycles. The smallest absolute Gasteiger partial charge is 0.328 e. The number of carboxylic acid groups (broad SMARTS) is 1. The molecule has 1 atom stereocenters. The number of benzene rings is 2. The first-order valence-electron chi connectivity index (χ1n) is 10.8. The van der Waals surface area contributed by atoms with Crippen LogP contribution in [0, 0.1) is 11.6 Å². The topological polar surface area (TPSA) is 50.3 Å². The third kappa shape index (κ3) is 7.11. The summed E-state index contributed by atoms with van der Waals surface area (Å²) in [6, 6.07) is 11.8. The normalized spacial score (nSPS) is 18.7. The van der Waals surface area contributed by atoms with E-state index in [1.165, 1.54) is 47.8 Å². The van der Waals surface area contributed by atoms with Crippen LogP contribution in [0.3, 0.4) is 0 Å². The molecule has 2 saturated heterocycles. The van der Waals surface area contributed by atoms with Crippen LogP contribution in [-0.2, 0) is 17.9 Å². The van der Waals surface area contributed by atoms with Crippen LogP contribution in [0.15, 0.2) is 48.5 Å². The number of rotatable bonds is 8. The first kappa shape index (κ1) is 26.2. The molecule has 35 heavy (non-hydrogen) atoms. The highest BCUT2D eigenvalue weighted by Gasteiger charge is 2.35. The number of hydrogen-bond donors (Lipinski definition) is 1. The number of thiocarbonyl (C=S) groups is 2. The highest BCUT2D eigenvalue weighted by Crippen LogP contribution is 2.26. The van der Waals surface area contributed by atoms with Crippen LogP contribution in [0.1, 0.15) is 11.1 Å². The van der Waals surface area contributed by atoms with Gasteiger partial charge >= 0.3 is 5.97 Å². The van der Waals surface area contributed by atoms with Gasteiger partial charge in [0.15, 0.2) is 0 Å². The predicted octanol–water partition coefficient (Wildman–Crippen LogP) is 4.22. The number of thioether (sulfide) groups is 2. The zero-order chi connectivity index (χ0) is 24.9. The van der Waals surface area contributed by atoms with Crippen molar-refractivity contribution in [1.29, 1.82) is 0 Å². The molecule has 2 aliphatic heterocycles. The van der Waals surface area contributed by atoms with Gasteiger partial charge in [-0.15, -0.1) is 0 Å². The molecule has 0 saturated carbocycles. The highest BCUT2D eigenvalue weighted by atomic mass is 32.2. The zero-order valence-electron chi connectivity index (χ0n) is 18.7. The molecule has 0 aromatic heterocycles. The number of hydrogen-bond acceptors (Lipinski definition) is 7. The summed E-state index contributed by atoms with van der Waals surface area (Å²) in [6.45, 7) is 2.18. The van der Waals surface area contributed by atoms with Gasteiger partial charge in [0.05, 0.1) is 31.6 Å². The second-order valence-corrected chi connectivity index (χ2v) is 11.5. The molecule has 2 aromatic carbocycles. The van der Waals surface area contributed by atoms with Gasteiger partial charge in [-0.2, -0.15) is 0 Å². The Labute approximate surface area is 222 Å². The lowest BCUT2D eigenvalue weighted by atomic mass is 10.2. The monoisotopic (exact) mass is 554 g/mol. The van der Waals surface area contributed by atoms with Gasteiger partial charge in [-0.1, -0.05) is 72.2 Å². The minimum Gasteiger partial charge on any atom is -0.480 e. The number of halogens is 2. The van der Waals surface area contributed by atoms with Crippen LogP contribution in [0.25, 0.3) is 0 Å². The lowest BCUT2D eigenvalue weighted by molar-refractivity contribution is -0.142. The average molecular weight is 555 g/mol. The van der Waals surface area contributed by atoms with Crippen molar-refractivity contribution < 1.29 is 18.7 Å². The van der Waals surface area contributed by atoms with Gasteiger partial charge in [0.25, 0.3) is 0 Å². The third-order valence-electron chi connectivity index (χ3n) is 5.65. The molecule has 186 valence electrons. The van der Waals surface area contributed by atoms with E-state index >= 15 is 0 Å². The van der Waals surface area contributed by atoms with Crippen LogP contribution in [0.4, 0.5) is 8.78 Å². The molecule has 2 aromatic rings. The molecule has 2 heterocycles. The Hall–Kier alpha value is -1.83. The minimum atomic E-state index is -0.972. The molecular weight excluding hydrogens is 531 g/mol. The Bertz CT molecular complexity index is 1070. The average Bonchev–Trinajstić information content (AvgIpc) is 2.83. The molecule has 0 amide bonds. The van der Waals surface area contributed by atoms with E-state index in [1.54, 1.807) is 29.2 Å². The summed E-state index contributed by atoms with van der Waals surface area (Å²) >= 11 is 14.0. The predicted molar refractivity (Wildman–Crippen MR) is 144 cm³/mol. The second kappa shape index (κ2) is 11.9. The molecule has 0 bridgehead atoms. The van der Waals surface area contributed by atoms with Crippen molar-refractivity contribution >= 4 is 62.6 Å². The van der Waals surface area contributed by atoms with Crippen LogP contribution in [0.2, 0.25) is 0 Å². The summed E-state index contributed by atoms with van der Waals surface area (Å²) in [5.41, 5.74) is 1.91. The van der Waals surface area contributed by atoms with Crippen molar-refractivity contribution in [1.82, 2.24) is 19.6 Å². The zero-order valence-corrected chi connectivity index (χ0v) is 21.9. The van der Waals surface area contributed by atoms with E-state index < -0.39 is 12.0 Å². The van der Waals surface area contributed by atoms with E-state index in [-0.39, 0.29) is 18.2 Å². The maximum Gasteiger partial charge on any atom is 0.328 e. The van der Waals surface area contributed by atoms with Gasteiger partial charge in [-0.05, 0) is 35.4 Å². The van der Waals surface area contributed by atoms with E-state index in [9.17, 15) is 18.7 Å². The molecule has 1 N–H and O–H groups in total. The molecular formula is C23H24F2N4O2S4. The molecule has 2 aliphatic rings. The maximum atomic E-state index is 13.2. The number of nitrogens with zero attached hydrogens (tertiary/aromatic N) is 4. The molecule has 1 unspecified atom stereocenters. The van der Waals surface area contributed by atoms with Crippen LogP contribution >= 0.6 is 48.0 Å².